The summed E-state index contributed by atoms with van der Waals surface area (Å²) in [6.07, 6.45) is 0.907. The number of nitriles is 1. The molecule has 0 aromatic carbocycles. The summed E-state index contributed by atoms with van der Waals surface area (Å²) >= 11 is 0. The first-order valence-corrected chi connectivity index (χ1v) is 4.43. The molecule has 3 atom stereocenters. The number of nitrogens with one attached hydrogen (secondary N) is 1. The second kappa shape index (κ2) is 3.42. The number of nitrogens with zero attached hydrogens (tertiary/aromatic N) is 1. The van der Waals surface area contributed by atoms with Gasteiger partial charge in [0.25, 0.3) is 0 Å². The van der Waals surface area contributed by atoms with Crippen molar-refractivity contribution in [2.75, 3.05) is 13.2 Å². The Morgan fingerprint density at radius 3 is 2.67 bits per heavy atom. The molecular formula is C9H16N2O. The summed E-state index contributed by atoms with van der Waals surface area (Å²) in [4.78, 5) is 0. The Bertz CT molecular complexity index is 199. The van der Waals surface area contributed by atoms with Crippen LogP contribution in [0.3, 0.4) is 0 Å². The van der Waals surface area contributed by atoms with Gasteiger partial charge < -0.3 is 5.11 Å². The van der Waals surface area contributed by atoms with Crippen molar-refractivity contribution in [3.8, 4) is 6.07 Å². The van der Waals surface area contributed by atoms with Crippen molar-refractivity contribution < 1.29 is 5.11 Å². The van der Waals surface area contributed by atoms with Gasteiger partial charge in [-0.2, -0.15) is 5.26 Å². The summed E-state index contributed by atoms with van der Waals surface area (Å²) in [6, 6.07) is 2.31. The molecule has 1 aliphatic carbocycles. The zero-order valence-electron chi connectivity index (χ0n) is 7.67. The Kier molecular flexibility index (Phi) is 2.71. The average Bonchev–Trinajstić information content (AvgIpc) is 2.11. The molecule has 1 aliphatic rings. The van der Waals surface area contributed by atoms with E-state index in [1.165, 1.54) is 0 Å². The van der Waals surface area contributed by atoms with Crippen LogP contribution in [0.15, 0.2) is 0 Å². The van der Waals surface area contributed by atoms with Crippen molar-refractivity contribution in [1.82, 2.24) is 5.32 Å². The van der Waals surface area contributed by atoms with Crippen LogP contribution < -0.4 is 5.32 Å². The Balaban J connectivity index is 2.50. The fourth-order valence-corrected chi connectivity index (χ4v) is 1.89. The van der Waals surface area contributed by atoms with E-state index in [4.69, 9.17) is 10.4 Å². The summed E-state index contributed by atoms with van der Waals surface area (Å²) < 4.78 is 0. The fraction of sp³-hybridized carbons (Fsp3) is 0.889. The van der Waals surface area contributed by atoms with E-state index in [0.717, 1.165) is 6.42 Å². The third-order valence-electron chi connectivity index (χ3n) is 3.03. The summed E-state index contributed by atoms with van der Waals surface area (Å²) in [7, 11) is 0. The molecule has 0 amide bonds. The zero-order chi connectivity index (χ0) is 9.19. The van der Waals surface area contributed by atoms with Gasteiger partial charge >= 0.3 is 0 Å². The lowest BCUT2D eigenvalue weighted by molar-refractivity contribution is 0.0721. The number of aliphatic hydroxyl groups is 1. The number of aliphatic hydroxyl groups excluding tert-OH is 1. The molecular weight excluding hydrogens is 152 g/mol. The van der Waals surface area contributed by atoms with Crippen molar-refractivity contribution in [2.45, 2.75) is 25.8 Å². The minimum absolute atomic E-state index is 0.102. The second-order valence-electron chi connectivity index (χ2n) is 3.70. The van der Waals surface area contributed by atoms with E-state index in [1.807, 2.05) is 0 Å². The van der Waals surface area contributed by atoms with Gasteiger partial charge in [0.05, 0.1) is 12.7 Å². The maximum absolute atomic E-state index is 8.96. The van der Waals surface area contributed by atoms with Crippen LogP contribution in [0.4, 0.5) is 0 Å². The Hall–Kier alpha value is -0.590. The minimum atomic E-state index is -0.359. The van der Waals surface area contributed by atoms with Gasteiger partial charge in [-0.15, -0.1) is 0 Å². The van der Waals surface area contributed by atoms with E-state index in [9.17, 15) is 0 Å². The number of β-amino-alcohol motifs (C(OH)–C–C–N with tert-alkyl or cyclic N) is 1. The first kappa shape index (κ1) is 9.50. The van der Waals surface area contributed by atoms with Crippen molar-refractivity contribution in [1.29, 1.82) is 5.26 Å². The monoisotopic (exact) mass is 168 g/mol. The molecule has 1 saturated carbocycles. The smallest absolute Gasteiger partial charge is 0.109 e. The highest BCUT2D eigenvalue weighted by molar-refractivity contribution is 5.18. The van der Waals surface area contributed by atoms with E-state index in [2.05, 4.69) is 25.2 Å². The van der Waals surface area contributed by atoms with Crippen molar-refractivity contribution in [3.05, 3.63) is 0 Å². The molecule has 12 heavy (non-hydrogen) atoms. The third kappa shape index (κ3) is 1.33. The second-order valence-corrected chi connectivity index (χ2v) is 3.70. The fourth-order valence-electron chi connectivity index (χ4n) is 1.89. The minimum Gasteiger partial charge on any atom is -0.395 e. The van der Waals surface area contributed by atoms with Gasteiger partial charge in [0.15, 0.2) is 0 Å². The lowest BCUT2D eigenvalue weighted by atomic mass is 9.61. The first-order chi connectivity index (χ1) is 5.66. The molecule has 3 heteroatoms. The normalized spacial score (nSPS) is 40.2. The van der Waals surface area contributed by atoms with Crippen LogP contribution in [0.2, 0.25) is 0 Å². The topological polar surface area (TPSA) is 56.0 Å². The summed E-state index contributed by atoms with van der Waals surface area (Å²) in [5, 5.41) is 20.7. The van der Waals surface area contributed by atoms with Gasteiger partial charge in [-0.25, -0.2) is 0 Å². The molecule has 0 aliphatic heterocycles. The van der Waals surface area contributed by atoms with E-state index in [-0.39, 0.29) is 12.1 Å². The lowest BCUT2D eigenvalue weighted by Gasteiger charge is -2.48. The van der Waals surface area contributed by atoms with Gasteiger partial charge in [-0.05, 0) is 18.3 Å². The molecule has 0 heterocycles. The van der Waals surface area contributed by atoms with E-state index < -0.39 is 0 Å². The van der Waals surface area contributed by atoms with Gasteiger partial charge in [0.2, 0.25) is 0 Å². The number of hydrogen-bond donors (Lipinski definition) is 2. The van der Waals surface area contributed by atoms with E-state index in [0.29, 0.717) is 18.4 Å². The van der Waals surface area contributed by atoms with Crippen molar-refractivity contribution >= 4 is 0 Å². The zero-order valence-corrected chi connectivity index (χ0v) is 7.67. The quantitative estimate of drug-likeness (QED) is 0.645. The van der Waals surface area contributed by atoms with Gasteiger partial charge in [0, 0.05) is 6.54 Å². The van der Waals surface area contributed by atoms with Gasteiger partial charge in [-0.3, -0.25) is 5.32 Å². The molecule has 0 spiro atoms. The highest BCUT2D eigenvalue weighted by Crippen LogP contribution is 2.42. The Morgan fingerprint density at radius 1 is 1.67 bits per heavy atom. The van der Waals surface area contributed by atoms with Crippen LogP contribution in [0.5, 0.6) is 0 Å². The third-order valence-corrected chi connectivity index (χ3v) is 3.03. The first-order valence-electron chi connectivity index (χ1n) is 4.43. The van der Waals surface area contributed by atoms with Crippen LogP contribution in [0.1, 0.15) is 20.3 Å². The van der Waals surface area contributed by atoms with Crippen LogP contribution in [-0.2, 0) is 0 Å². The summed E-state index contributed by atoms with van der Waals surface area (Å²) in [5.74, 6) is 1.02. The highest BCUT2D eigenvalue weighted by Gasteiger charge is 2.49. The molecule has 0 radical (unpaired) electrons. The van der Waals surface area contributed by atoms with Crippen LogP contribution in [0.25, 0.3) is 0 Å². The van der Waals surface area contributed by atoms with Crippen LogP contribution >= 0.6 is 0 Å². The molecule has 0 saturated heterocycles. The standard InChI is InChI=1S/C9H16N2O/c1-7-5-9(6-10,8(7)2)11-3-4-12/h7-8,11-12H,3-5H2,1-2H3. The number of hydrogen-bond acceptors (Lipinski definition) is 3. The molecule has 2 N–H and O–H groups in total. The molecule has 0 bridgehead atoms. The number of rotatable bonds is 3. The Morgan fingerprint density at radius 2 is 2.33 bits per heavy atom. The lowest BCUT2D eigenvalue weighted by Crippen LogP contribution is -2.60. The predicted molar refractivity (Wildman–Crippen MR) is 46.4 cm³/mol. The molecule has 0 aromatic rings. The average molecular weight is 168 g/mol. The molecule has 68 valence electrons. The van der Waals surface area contributed by atoms with Gasteiger partial charge in [-0.1, -0.05) is 13.8 Å². The summed E-state index contributed by atoms with van der Waals surface area (Å²) in [5.41, 5.74) is -0.359. The van der Waals surface area contributed by atoms with Crippen LogP contribution in [0, 0.1) is 23.2 Å². The Labute approximate surface area is 73.4 Å². The maximum atomic E-state index is 8.96. The predicted octanol–water partition coefficient (Wildman–Crippen LogP) is 0.507. The van der Waals surface area contributed by atoms with Gasteiger partial charge in [0.1, 0.15) is 5.54 Å². The largest absolute Gasteiger partial charge is 0.395 e. The molecule has 3 unspecified atom stereocenters. The SMILES string of the molecule is CC1CC(C#N)(NCCO)C1C. The van der Waals surface area contributed by atoms with E-state index in [1.54, 1.807) is 0 Å². The summed E-state index contributed by atoms with van der Waals surface area (Å²) in [6.45, 7) is 4.86. The van der Waals surface area contributed by atoms with Crippen molar-refractivity contribution in [3.63, 3.8) is 0 Å². The molecule has 3 nitrogen and oxygen atoms in total. The molecule has 1 rings (SSSR count). The highest BCUT2D eigenvalue weighted by atomic mass is 16.3. The van der Waals surface area contributed by atoms with E-state index >= 15 is 0 Å². The van der Waals surface area contributed by atoms with Crippen molar-refractivity contribution in [2.24, 2.45) is 11.8 Å². The molecule has 1 fully saturated rings. The molecule has 0 aromatic heterocycles. The maximum Gasteiger partial charge on any atom is 0.109 e. The van der Waals surface area contributed by atoms with Crippen LogP contribution in [-0.4, -0.2) is 23.8 Å².